The number of aromatic nitrogens is 6. The smallest absolute Gasteiger partial charge is 0.266 e. The van der Waals surface area contributed by atoms with Crippen LogP contribution >= 0.6 is 24.2 Å². The molecule has 0 aliphatic rings. The Morgan fingerprint density at radius 1 is 1.03 bits per heavy atom. The van der Waals surface area contributed by atoms with E-state index in [0.29, 0.717) is 44.3 Å². The van der Waals surface area contributed by atoms with Crippen LogP contribution < -0.4 is 5.56 Å². The molecule has 0 amide bonds. The van der Waals surface area contributed by atoms with Crippen LogP contribution in [-0.4, -0.2) is 29.5 Å². The van der Waals surface area contributed by atoms with E-state index >= 15 is 0 Å². The Labute approximate surface area is 174 Å². The zero-order valence-corrected chi connectivity index (χ0v) is 16.5. The molecular formula is C20H13ClN6OS. The first-order valence-electron chi connectivity index (χ1n) is 8.74. The van der Waals surface area contributed by atoms with Crippen LogP contribution in [0, 0.1) is 0 Å². The first-order chi connectivity index (χ1) is 14.1. The number of hydrogen-bond donors (Lipinski definition) is 2. The molecule has 29 heavy (non-hydrogen) atoms. The van der Waals surface area contributed by atoms with Gasteiger partial charge in [0.15, 0.2) is 5.65 Å². The van der Waals surface area contributed by atoms with Crippen molar-refractivity contribution >= 4 is 46.3 Å². The highest BCUT2D eigenvalue weighted by Gasteiger charge is 2.24. The van der Waals surface area contributed by atoms with Crippen LogP contribution in [0.1, 0.15) is 16.8 Å². The number of thiol groups is 1. The minimum Gasteiger partial charge on any atom is -0.329 e. The van der Waals surface area contributed by atoms with Crippen LogP contribution in [0.2, 0.25) is 5.02 Å². The van der Waals surface area contributed by atoms with Gasteiger partial charge in [0, 0.05) is 0 Å². The average molecular weight is 421 g/mol. The van der Waals surface area contributed by atoms with E-state index in [1.54, 1.807) is 36.4 Å². The van der Waals surface area contributed by atoms with Gasteiger partial charge in [-0.25, -0.2) is 19.9 Å². The van der Waals surface area contributed by atoms with Gasteiger partial charge in [-0.3, -0.25) is 9.36 Å². The number of hydrogen-bond acceptors (Lipinski definition) is 6. The molecular weight excluding hydrogens is 408 g/mol. The van der Waals surface area contributed by atoms with Gasteiger partial charge in [-0.2, -0.15) is 12.6 Å². The van der Waals surface area contributed by atoms with Crippen molar-refractivity contribution in [1.29, 1.82) is 0 Å². The predicted molar refractivity (Wildman–Crippen MR) is 115 cm³/mol. The summed E-state index contributed by atoms with van der Waals surface area (Å²) in [4.78, 5) is 34.0. The molecule has 0 bridgehead atoms. The number of nitrogens with zero attached hydrogens (tertiary/aromatic N) is 5. The van der Waals surface area contributed by atoms with Crippen LogP contribution in [0.3, 0.4) is 0 Å². The summed E-state index contributed by atoms with van der Waals surface area (Å²) in [6, 6.07) is 14.3. The number of fused-ring (bicyclic) bond motifs is 2. The molecule has 0 saturated carbocycles. The predicted octanol–water partition coefficient (Wildman–Crippen LogP) is 3.72. The van der Waals surface area contributed by atoms with Crippen molar-refractivity contribution < 1.29 is 0 Å². The number of para-hydroxylation sites is 2. The fourth-order valence-electron chi connectivity index (χ4n) is 3.30. The van der Waals surface area contributed by atoms with Crippen molar-refractivity contribution in [3.8, 4) is 5.69 Å². The lowest BCUT2D eigenvalue weighted by molar-refractivity contribution is 0.829. The monoisotopic (exact) mass is 420 g/mol. The van der Waals surface area contributed by atoms with Crippen LogP contribution in [0.5, 0.6) is 0 Å². The molecule has 0 aliphatic carbocycles. The largest absolute Gasteiger partial charge is 0.329 e. The molecule has 0 spiro atoms. The quantitative estimate of drug-likeness (QED) is 0.434. The third-order valence-electron chi connectivity index (χ3n) is 4.64. The summed E-state index contributed by atoms with van der Waals surface area (Å²) in [5.41, 5.74) is 2.57. The fourth-order valence-corrected chi connectivity index (χ4v) is 3.89. The molecule has 2 aromatic carbocycles. The molecule has 7 nitrogen and oxygen atoms in total. The number of rotatable bonds is 3. The van der Waals surface area contributed by atoms with Crippen LogP contribution in [0.4, 0.5) is 0 Å². The SMILES string of the molecule is O=c1c2ccccc2nc(C(S)c2ncnc3[nH]cnc23)n1-c1ccccc1Cl. The van der Waals surface area contributed by atoms with Gasteiger partial charge in [0.1, 0.15) is 22.9 Å². The molecule has 3 heterocycles. The van der Waals surface area contributed by atoms with Crippen LogP contribution in [0.15, 0.2) is 66.0 Å². The molecule has 1 unspecified atom stereocenters. The van der Waals surface area contributed by atoms with E-state index in [1.165, 1.54) is 17.2 Å². The van der Waals surface area contributed by atoms with Gasteiger partial charge in [0.25, 0.3) is 5.56 Å². The standard InChI is InChI=1S/C20H13ClN6OS/c21-12-6-2-4-8-14(12)27-19(26-13-7-3-1-5-11(13)20(27)28)17(29)15-16-18(24-9-22-15)25-10-23-16/h1-10,17,29H,(H,22,23,24,25). The van der Waals surface area contributed by atoms with Crippen molar-refractivity contribution in [2.45, 2.75) is 5.25 Å². The minimum absolute atomic E-state index is 0.231. The molecule has 3 aromatic heterocycles. The van der Waals surface area contributed by atoms with E-state index in [1.807, 2.05) is 12.1 Å². The number of imidazole rings is 1. The van der Waals surface area contributed by atoms with E-state index in [0.717, 1.165) is 0 Å². The summed E-state index contributed by atoms with van der Waals surface area (Å²) in [6.07, 6.45) is 2.97. The van der Waals surface area contributed by atoms with E-state index < -0.39 is 5.25 Å². The van der Waals surface area contributed by atoms with E-state index in [9.17, 15) is 4.79 Å². The number of benzene rings is 2. The first-order valence-corrected chi connectivity index (χ1v) is 9.63. The average Bonchev–Trinajstić information content (AvgIpc) is 3.23. The lowest BCUT2D eigenvalue weighted by Crippen LogP contribution is -2.25. The molecule has 142 valence electrons. The fraction of sp³-hybridized carbons (Fsp3) is 0.0500. The third kappa shape index (κ3) is 2.88. The van der Waals surface area contributed by atoms with Crippen molar-refractivity contribution in [1.82, 2.24) is 29.5 Å². The van der Waals surface area contributed by atoms with E-state index in [-0.39, 0.29) is 5.56 Å². The molecule has 5 rings (SSSR count). The Balaban J connectivity index is 1.85. The van der Waals surface area contributed by atoms with Gasteiger partial charge in [0.2, 0.25) is 0 Å². The summed E-state index contributed by atoms with van der Waals surface area (Å²) in [7, 11) is 0. The second-order valence-corrected chi connectivity index (χ2v) is 7.26. The highest BCUT2D eigenvalue weighted by molar-refractivity contribution is 7.80. The van der Waals surface area contributed by atoms with Crippen molar-refractivity contribution in [2.75, 3.05) is 0 Å². The Hall–Kier alpha value is -3.23. The Morgan fingerprint density at radius 2 is 1.83 bits per heavy atom. The molecule has 1 atom stereocenters. The molecule has 5 aromatic rings. The van der Waals surface area contributed by atoms with Gasteiger partial charge < -0.3 is 4.98 Å². The van der Waals surface area contributed by atoms with Crippen molar-refractivity contribution in [2.24, 2.45) is 0 Å². The number of aromatic amines is 1. The Morgan fingerprint density at radius 3 is 2.69 bits per heavy atom. The zero-order chi connectivity index (χ0) is 20.0. The second kappa shape index (κ2) is 6.98. The molecule has 9 heteroatoms. The van der Waals surface area contributed by atoms with Gasteiger partial charge in [-0.15, -0.1) is 0 Å². The maximum Gasteiger partial charge on any atom is 0.266 e. The number of nitrogens with one attached hydrogen (secondary N) is 1. The van der Waals surface area contributed by atoms with Gasteiger partial charge in [-0.1, -0.05) is 35.9 Å². The topological polar surface area (TPSA) is 89.3 Å². The maximum atomic E-state index is 13.4. The third-order valence-corrected chi connectivity index (χ3v) is 5.44. The summed E-state index contributed by atoms with van der Waals surface area (Å²) < 4.78 is 1.49. The van der Waals surface area contributed by atoms with E-state index in [4.69, 9.17) is 29.2 Å². The van der Waals surface area contributed by atoms with Crippen LogP contribution in [-0.2, 0) is 0 Å². The van der Waals surface area contributed by atoms with Crippen molar-refractivity contribution in [3.05, 3.63) is 88.1 Å². The Bertz CT molecular complexity index is 1430. The molecule has 1 N–H and O–H groups in total. The first kappa shape index (κ1) is 17.8. The lowest BCUT2D eigenvalue weighted by Gasteiger charge is -2.18. The normalized spacial score (nSPS) is 12.5. The highest BCUT2D eigenvalue weighted by Crippen LogP contribution is 2.32. The molecule has 0 fully saturated rings. The lowest BCUT2D eigenvalue weighted by atomic mass is 10.2. The number of halogens is 1. The minimum atomic E-state index is -0.641. The summed E-state index contributed by atoms with van der Waals surface area (Å²) in [5, 5.41) is 0.280. The second-order valence-electron chi connectivity index (χ2n) is 6.34. The molecule has 0 aliphatic heterocycles. The number of H-pyrrole nitrogens is 1. The summed E-state index contributed by atoms with van der Waals surface area (Å²) in [5.74, 6) is 0.396. The molecule has 0 saturated heterocycles. The Kier molecular flexibility index (Phi) is 4.30. The summed E-state index contributed by atoms with van der Waals surface area (Å²) >= 11 is 11.2. The highest BCUT2D eigenvalue weighted by atomic mass is 35.5. The maximum absolute atomic E-state index is 13.4. The van der Waals surface area contributed by atoms with Gasteiger partial charge >= 0.3 is 0 Å². The van der Waals surface area contributed by atoms with Gasteiger partial charge in [0.05, 0.1) is 33.6 Å². The van der Waals surface area contributed by atoms with E-state index in [2.05, 4.69) is 19.9 Å². The van der Waals surface area contributed by atoms with Crippen LogP contribution in [0.25, 0.3) is 27.8 Å². The zero-order valence-electron chi connectivity index (χ0n) is 14.8. The molecule has 0 radical (unpaired) electrons. The van der Waals surface area contributed by atoms with Crippen molar-refractivity contribution in [3.63, 3.8) is 0 Å². The van der Waals surface area contributed by atoms with Gasteiger partial charge in [-0.05, 0) is 24.3 Å². The summed E-state index contributed by atoms with van der Waals surface area (Å²) in [6.45, 7) is 0.